The fraction of sp³-hybridized carbons (Fsp3) is 0. The number of fused-ring (bicyclic) bond motifs is 1. The number of carbonyl (C=O) groups excluding carboxylic acids is 1. The van der Waals surface area contributed by atoms with Gasteiger partial charge in [-0.15, -0.1) is 0 Å². The van der Waals surface area contributed by atoms with E-state index in [4.69, 9.17) is 11.6 Å². The van der Waals surface area contributed by atoms with Gasteiger partial charge in [0.05, 0.1) is 0 Å². The Kier molecular flexibility index (Phi) is 4.14. The number of hydrogen-bond donors (Lipinski definition) is 1. The maximum Gasteiger partial charge on any atom is 0.275 e. The average Bonchev–Trinajstić information content (AvgIpc) is 3.06. The first-order valence-electron chi connectivity index (χ1n) is 7.90. The first-order valence-corrected chi connectivity index (χ1v) is 8.28. The molecule has 0 atom stereocenters. The second-order valence-electron chi connectivity index (χ2n) is 5.78. The number of amides is 1. The van der Waals surface area contributed by atoms with Crippen LogP contribution in [0.1, 0.15) is 10.5 Å². The number of rotatable bonds is 3. The van der Waals surface area contributed by atoms with E-state index in [2.05, 4.69) is 10.3 Å². The highest BCUT2D eigenvalue weighted by atomic mass is 35.5. The maximum atomic E-state index is 13.2. The molecule has 0 saturated heterocycles. The summed E-state index contributed by atoms with van der Waals surface area (Å²) < 4.78 is 15.0. The Morgan fingerprint density at radius 3 is 2.54 bits per heavy atom. The van der Waals surface area contributed by atoms with Gasteiger partial charge < -0.3 is 9.72 Å². The minimum atomic E-state index is -0.412. The fourth-order valence-corrected chi connectivity index (χ4v) is 2.80. The van der Waals surface area contributed by atoms with Crippen LogP contribution in [-0.2, 0) is 0 Å². The van der Waals surface area contributed by atoms with Crippen LogP contribution in [0.25, 0.3) is 16.8 Å². The number of nitrogens with zero attached hydrogens (tertiary/aromatic N) is 2. The third-order valence-corrected chi connectivity index (χ3v) is 4.20. The lowest BCUT2D eigenvalue weighted by Gasteiger charge is -2.02. The van der Waals surface area contributed by atoms with Crippen molar-refractivity contribution in [3.05, 3.63) is 89.6 Å². The largest absolute Gasteiger partial charge is 0.321 e. The molecule has 2 heterocycles. The van der Waals surface area contributed by atoms with E-state index in [1.807, 2.05) is 42.6 Å². The van der Waals surface area contributed by atoms with Crippen molar-refractivity contribution in [1.29, 1.82) is 0 Å². The van der Waals surface area contributed by atoms with Crippen molar-refractivity contribution < 1.29 is 9.18 Å². The Bertz CT molecular complexity index is 1110. The van der Waals surface area contributed by atoms with E-state index in [0.717, 1.165) is 11.1 Å². The van der Waals surface area contributed by atoms with Crippen LogP contribution >= 0.6 is 11.6 Å². The number of hydrogen-bond acceptors (Lipinski definition) is 2. The van der Waals surface area contributed by atoms with Gasteiger partial charge in [0.15, 0.2) is 0 Å². The lowest BCUT2D eigenvalue weighted by atomic mass is 10.1. The van der Waals surface area contributed by atoms with Gasteiger partial charge in [-0.2, -0.15) is 0 Å². The highest BCUT2D eigenvalue weighted by Gasteiger charge is 2.12. The minimum absolute atomic E-state index is 0.252. The van der Waals surface area contributed by atoms with Crippen molar-refractivity contribution in [3.8, 4) is 11.1 Å². The summed E-state index contributed by atoms with van der Waals surface area (Å²) >= 11 is 5.93. The van der Waals surface area contributed by atoms with Crippen LogP contribution in [0.4, 0.5) is 10.1 Å². The molecule has 128 valence electrons. The molecule has 0 saturated carbocycles. The Morgan fingerprint density at radius 1 is 1.00 bits per heavy atom. The molecule has 2 aromatic heterocycles. The molecular formula is C20H13ClFN3O. The predicted molar refractivity (Wildman–Crippen MR) is 100.0 cm³/mol. The first kappa shape index (κ1) is 16.3. The standard InChI is InChI=1S/C20H13ClFN3O/c21-15-7-4-13(5-8-15)14-6-9-19-24-18(12-25(19)11-14)20(26)23-17-3-1-2-16(22)10-17/h1-12H,(H,23,26). The normalized spacial score (nSPS) is 10.8. The Hall–Kier alpha value is -3.18. The van der Waals surface area contributed by atoms with E-state index in [1.165, 1.54) is 18.2 Å². The van der Waals surface area contributed by atoms with Gasteiger partial charge in [-0.1, -0.05) is 29.8 Å². The van der Waals surface area contributed by atoms with Gasteiger partial charge in [0.1, 0.15) is 17.2 Å². The molecule has 0 bridgehead atoms. The predicted octanol–water partition coefficient (Wildman–Crippen LogP) is 5.05. The SMILES string of the molecule is O=C(Nc1cccc(F)c1)c1cn2cc(-c3ccc(Cl)cc3)ccc2n1. The van der Waals surface area contributed by atoms with Gasteiger partial charge in [-0.05, 0) is 53.6 Å². The van der Waals surface area contributed by atoms with Crippen LogP contribution in [0.5, 0.6) is 0 Å². The Balaban J connectivity index is 1.63. The molecule has 0 radical (unpaired) electrons. The number of imidazole rings is 1. The second kappa shape index (κ2) is 6.61. The van der Waals surface area contributed by atoms with Gasteiger partial charge in [0.2, 0.25) is 0 Å². The number of pyridine rings is 1. The molecule has 0 aliphatic carbocycles. The second-order valence-corrected chi connectivity index (χ2v) is 6.22. The molecule has 1 N–H and O–H groups in total. The van der Waals surface area contributed by atoms with Crippen LogP contribution in [0.3, 0.4) is 0 Å². The molecule has 0 spiro atoms. The molecule has 4 rings (SSSR count). The molecule has 0 aliphatic rings. The average molecular weight is 366 g/mol. The first-order chi connectivity index (χ1) is 12.6. The molecule has 4 nitrogen and oxygen atoms in total. The molecule has 0 unspecified atom stereocenters. The number of anilines is 1. The summed E-state index contributed by atoms with van der Waals surface area (Å²) in [5.41, 5.74) is 3.27. The smallest absolute Gasteiger partial charge is 0.275 e. The van der Waals surface area contributed by atoms with Gasteiger partial charge in [-0.3, -0.25) is 4.79 Å². The minimum Gasteiger partial charge on any atom is -0.321 e. The topological polar surface area (TPSA) is 46.4 Å². The van der Waals surface area contributed by atoms with Crippen molar-refractivity contribution in [3.63, 3.8) is 0 Å². The van der Waals surface area contributed by atoms with E-state index >= 15 is 0 Å². The lowest BCUT2D eigenvalue weighted by molar-refractivity contribution is 0.102. The van der Waals surface area contributed by atoms with Gasteiger partial charge in [0.25, 0.3) is 5.91 Å². The molecule has 26 heavy (non-hydrogen) atoms. The molecular weight excluding hydrogens is 353 g/mol. The molecule has 0 aliphatic heterocycles. The quantitative estimate of drug-likeness (QED) is 0.552. The number of aromatic nitrogens is 2. The number of nitrogens with one attached hydrogen (secondary N) is 1. The van der Waals surface area contributed by atoms with Crippen LogP contribution < -0.4 is 5.32 Å². The summed E-state index contributed by atoms with van der Waals surface area (Å²) in [7, 11) is 0. The third-order valence-electron chi connectivity index (χ3n) is 3.94. The van der Waals surface area contributed by atoms with E-state index in [0.29, 0.717) is 16.4 Å². The van der Waals surface area contributed by atoms with Crippen molar-refractivity contribution in [2.75, 3.05) is 5.32 Å². The number of halogens is 2. The zero-order valence-electron chi connectivity index (χ0n) is 13.5. The van der Waals surface area contributed by atoms with Gasteiger partial charge >= 0.3 is 0 Å². The van der Waals surface area contributed by atoms with Crippen molar-refractivity contribution in [2.24, 2.45) is 0 Å². The maximum absolute atomic E-state index is 13.2. The summed E-state index contributed by atoms with van der Waals surface area (Å²) in [6, 6.07) is 17.0. The summed E-state index contributed by atoms with van der Waals surface area (Å²) in [5, 5.41) is 3.32. The van der Waals surface area contributed by atoms with Crippen LogP contribution in [-0.4, -0.2) is 15.3 Å². The molecule has 0 fully saturated rings. The molecule has 1 amide bonds. The van der Waals surface area contributed by atoms with E-state index in [-0.39, 0.29) is 5.69 Å². The molecule has 2 aromatic carbocycles. The van der Waals surface area contributed by atoms with E-state index < -0.39 is 11.7 Å². The number of carbonyl (C=O) groups is 1. The van der Waals surface area contributed by atoms with Gasteiger partial charge in [0, 0.05) is 23.1 Å². The monoisotopic (exact) mass is 365 g/mol. The van der Waals surface area contributed by atoms with Crippen LogP contribution in [0.2, 0.25) is 5.02 Å². The van der Waals surface area contributed by atoms with Crippen molar-refractivity contribution >= 4 is 28.8 Å². The lowest BCUT2D eigenvalue weighted by Crippen LogP contribution is -2.12. The van der Waals surface area contributed by atoms with E-state index in [9.17, 15) is 9.18 Å². The van der Waals surface area contributed by atoms with Crippen molar-refractivity contribution in [2.45, 2.75) is 0 Å². The fourth-order valence-electron chi connectivity index (χ4n) is 2.68. The summed E-state index contributed by atoms with van der Waals surface area (Å²) in [6.07, 6.45) is 3.54. The van der Waals surface area contributed by atoms with Crippen LogP contribution in [0.15, 0.2) is 73.1 Å². The van der Waals surface area contributed by atoms with Crippen molar-refractivity contribution in [1.82, 2.24) is 9.38 Å². The zero-order chi connectivity index (χ0) is 18.1. The summed E-state index contributed by atoms with van der Waals surface area (Å²) in [6.45, 7) is 0. The molecule has 4 aromatic rings. The van der Waals surface area contributed by atoms with E-state index in [1.54, 1.807) is 16.7 Å². The Morgan fingerprint density at radius 2 is 1.77 bits per heavy atom. The summed E-state index contributed by atoms with van der Waals surface area (Å²) in [4.78, 5) is 16.7. The highest BCUT2D eigenvalue weighted by Crippen LogP contribution is 2.22. The van der Waals surface area contributed by atoms with Crippen LogP contribution in [0, 0.1) is 5.82 Å². The zero-order valence-corrected chi connectivity index (χ0v) is 14.2. The summed E-state index contributed by atoms with van der Waals surface area (Å²) in [5.74, 6) is -0.808. The van der Waals surface area contributed by atoms with Gasteiger partial charge in [-0.25, -0.2) is 9.37 Å². The Labute approximate surface area is 153 Å². The number of benzene rings is 2. The third kappa shape index (κ3) is 3.30. The highest BCUT2D eigenvalue weighted by molar-refractivity contribution is 6.30. The molecule has 6 heteroatoms.